The first-order valence-electron chi connectivity index (χ1n) is 10.2. The fourth-order valence-electron chi connectivity index (χ4n) is 2.33. The molecule has 13 nitrogen and oxygen atoms in total. The lowest BCUT2D eigenvalue weighted by atomic mass is 10.2. The van der Waals surface area contributed by atoms with Crippen LogP contribution in [0.15, 0.2) is 41.8 Å². The van der Waals surface area contributed by atoms with Gasteiger partial charge >= 0.3 is 12.1 Å². The van der Waals surface area contributed by atoms with E-state index in [1.54, 1.807) is 24.3 Å². The molecule has 14 heteroatoms. The highest BCUT2D eigenvalue weighted by atomic mass is 32.2. The number of amides is 4. The largest absolute Gasteiger partial charge is 0.469 e. The molecular formula is C21H28N4O9S. The summed E-state index contributed by atoms with van der Waals surface area (Å²) < 4.78 is 32.0. The van der Waals surface area contributed by atoms with Crippen molar-refractivity contribution < 1.29 is 41.9 Å². The van der Waals surface area contributed by atoms with Crippen molar-refractivity contribution in [2.24, 2.45) is 0 Å². The number of hydrogen-bond acceptors (Lipinski definition) is 9. The van der Waals surface area contributed by atoms with Crippen LogP contribution < -0.4 is 21.3 Å². The summed E-state index contributed by atoms with van der Waals surface area (Å²) in [4.78, 5) is 58.7. The molecule has 35 heavy (non-hydrogen) atoms. The molecule has 4 amide bonds. The Morgan fingerprint density at radius 2 is 1.49 bits per heavy atom. The number of benzene rings is 1. The Hall–Kier alpha value is -3.94. The molecular weight excluding hydrogens is 484 g/mol. The highest BCUT2D eigenvalue weighted by Crippen LogP contribution is 2.00. The van der Waals surface area contributed by atoms with E-state index in [1.807, 2.05) is 6.07 Å². The van der Waals surface area contributed by atoms with Crippen LogP contribution in [0.1, 0.15) is 12.0 Å². The summed E-state index contributed by atoms with van der Waals surface area (Å²) in [5, 5.41) is 9.95. The number of rotatable bonds is 13. The third kappa shape index (κ3) is 14.7. The van der Waals surface area contributed by atoms with Gasteiger partial charge in [0.25, 0.3) is 0 Å². The Balaban J connectivity index is 2.32. The van der Waals surface area contributed by atoms with Crippen molar-refractivity contribution in [3.8, 4) is 0 Å². The molecule has 0 fully saturated rings. The molecule has 4 N–H and O–H groups in total. The molecule has 1 aromatic carbocycles. The zero-order valence-corrected chi connectivity index (χ0v) is 20.1. The van der Waals surface area contributed by atoms with Crippen LogP contribution >= 0.6 is 0 Å². The second-order valence-electron chi connectivity index (χ2n) is 7.08. The summed E-state index contributed by atoms with van der Waals surface area (Å²) in [5.74, 6) is -2.75. The quantitative estimate of drug-likeness (QED) is 0.234. The van der Waals surface area contributed by atoms with Gasteiger partial charge in [0.05, 0.1) is 32.7 Å². The monoisotopic (exact) mass is 512 g/mol. The van der Waals surface area contributed by atoms with Crippen molar-refractivity contribution in [2.45, 2.75) is 19.1 Å². The molecule has 0 bridgehead atoms. The molecule has 0 unspecified atom stereocenters. The predicted molar refractivity (Wildman–Crippen MR) is 123 cm³/mol. The molecule has 1 aromatic rings. The van der Waals surface area contributed by atoms with Crippen LogP contribution in [-0.2, 0) is 45.1 Å². The molecule has 0 aliphatic rings. The Morgan fingerprint density at radius 3 is 2.06 bits per heavy atom. The van der Waals surface area contributed by atoms with E-state index in [9.17, 15) is 32.4 Å². The molecule has 0 spiro atoms. The van der Waals surface area contributed by atoms with Crippen LogP contribution in [0, 0.1) is 0 Å². The number of alkyl carbamates (subject to hydrolysis) is 1. The van der Waals surface area contributed by atoms with Crippen LogP contribution in [-0.4, -0.2) is 77.2 Å². The van der Waals surface area contributed by atoms with E-state index in [2.05, 4.69) is 26.0 Å². The van der Waals surface area contributed by atoms with E-state index in [0.717, 1.165) is 30.4 Å². The summed E-state index contributed by atoms with van der Waals surface area (Å²) >= 11 is 0. The first-order valence-corrected chi connectivity index (χ1v) is 12.2. The zero-order valence-electron chi connectivity index (χ0n) is 19.2. The number of methoxy groups -OCH3 is 1. The van der Waals surface area contributed by atoms with Crippen LogP contribution in [0.3, 0.4) is 0 Å². The molecule has 0 heterocycles. The summed E-state index contributed by atoms with van der Waals surface area (Å²) in [6, 6.07) is 7.95. The minimum absolute atomic E-state index is 0.0310. The highest BCUT2D eigenvalue weighted by Gasteiger charge is 2.16. The van der Waals surface area contributed by atoms with Gasteiger partial charge in [0.15, 0.2) is 9.84 Å². The van der Waals surface area contributed by atoms with E-state index in [0.29, 0.717) is 0 Å². The number of sulfone groups is 1. The van der Waals surface area contributed by atoms with Crippen molar-refractivity contribution in [3.63, 3.8) is 0 Å². The van der Waals surface area contributed by atoms with Gasteiger partial charge in [0, 0.05) is 11.7 Å². The highest BCUT2D eigenvalue weighted by molar-refractivity contribution is 7.93. The summed E-state index contributed by atoms with van der Waals surface area (Å²) in [6.07, 6.45) is 0.929. The van der Waals surface area contributed by atoms with E-state index in [4.69, 9.17) is 4.74 Å². The van der Waals surface area contributed by atoms with Gasteiger partial charge in [-0.3, -0.25) is 19.2 Å². The minimum Gasteiger partial charge on any atom is -0.469 e. The summed E-state index contributed by atoms with van der Waals surface area (Å²) in [7, 11) is -2.36. The standard InChI is InChI=1S/C21H28N4O9S/c1-33-20(29)10-16(8-9-35(2,31)32)25-19(28)13-23-17(26)11-22-18(27)12-24-21(30)34-14-15-6-4-3-5-7-15/h3-9,16H,10-14H2,1-2H3,(H,22,27)(H,23,26)(H,24,30)(H,25,28)/b9-8+/t16-/m1/s1. The molecule has 0 saturated carbocycles. The van der Waals surface area contributed by atoms with Crippen LogP contribution in [0.4, 0.5) is 4.79 Å². The Bertz CT molecular complexity index is 1030. The van der Waals surface area contributed by atoms with Gasteiger partial charge in [0.2, 0.25) is 17.7 Å². The average molecular weight is 513 g/mol. The van der Waals surface area contributed by atoms with Gasteiger partial charge in [0.1, 0.15) is 13.2 Å². The van der Waals surface area contributed by atoms with Gasteiger partial charge in [-0.1, -0.05) is 36.4 Å². The molecule has 1 atom stereocenters. The smallest absolute Gasteiger partial charge is 0.407 e. The van der Waals surface area contributed by atoms with Crippen molar-refractivity contribution in [1.29, 1.82) is 0 Å². The van der Waals surface area contributed by atoms with Crippen molar-refractivity contribution >= 4 is 39.6 Å². The Labute approximate surface area is 202 Å². The van der Waals surface area contributed by atoms with E-state index < -0.39 is 65.3 Å². The summed E-state index contributed by atoms with van der Waals surface area (Å²) in [6.45, 7) is -1.36. The van der Waals surface area contributed by atoms with Gasteiger partial charge in [-0.2, -0.15) is 0 Å². The van der Waals surface area contributed by atoms with Gasteiger partial charge in [-0.15, -0.1) is 0 Å². The first kappa shape index (κ1) is 29.1. The maximum absolute atomic E-state index is 12.0. The molecule has 0 aliphatic heterocycles. The molecule has 0 saturated heterocycles. The second-order valence-corrected chi connectivity index (χ2v) is 9.01. The minimum atomic E-state index is -3.49. The molecule has 0 radical (unpaired) electrons. The maximum atomic E-state index is 12.0. The van der Waals surface area contributed by atoms with Gasteiger partial charge in [-0.25, -0.2) is 13.2 Å². The average Bonchev–Trinajstić information content (AvgIpc) is 2.82. The van der Waals surface area contributed by atoms with Crippen molar-refractivity contribution in [3.05, 3.63) is 47.4 Å². The van der Waals surface area contributed by atoms with Gasteiger partial charge < -0.3 is 30.7 Å². The molecule has 192 valence electrons. The number of carbonyl (C=O) groups excluding carboxylic acids is 5. The SMILES string of the molecule is COC(=O)C[C@@H](/C=C/S(C)(=O)=O)NC(=O)CNC(=O)CNC(=O)CNC(=O)OCc1ccccc1. The number of nitrogens with one attached hydrogen (secondary N) is 4. The number of esters is 1. The topological polar surface area (TPSA) is 186 Å². The third-order valence-corrected chi connectivity index (χ3v) is 4.67. The van der Waals surface area contributed by atoms with E-state index >= 15 is 0 Å². The number of ether oxygens (including phenoxy) is 2. The lowest BCUT2D eigenvalue weighted by molar-refractivity contribution is -0.141. The van der Waals surface area contributed by atoms with Crippen molar-refractivity contribution in [2.75, 3.05) is 33.0 Å². The Morgan fingerprint density at radius 1 is 0.914 bits per heavy atom. The Kier molecular flexibility index (Phi) is 12.5. The normalized spacial score (nSPS) is 11.7. The zero-order chi connectivity index (χ0) is 26.3. The number of hydrogen-bond donors (Lipinski definition) is 4. The molecule has 1 rings (SSSR count). The van der Waals surface area contributed by atoms with Crippen LogP contribution in [0.25, 0.3) is 0 Å². The second kappa shape index (κ2) is 15.1. The van der Waals surface area contributed by atoms with Crippen LogP contribution in [0.2, 0.25) is 0 Å². The van der Waals surface area contributed by atoms with Crippen LogP contribution in [0.5, 0.6) is 0 Å². The lowest BCUT2D eigenvalue weighted by Crippen LogP contribution is -2.46. The predicted octanol–water partition coefficient (Wildman–Crippen LogP) is -1.25. The lowest BCUT2D eigenvalue weighted by Gasteiger charge is -2.14. The van der Waals surface area contributed by atoms with Gasteiger partial charge in [-0.05, 0) is 5.56 Å². The molecule has 0 aliphatic carbocycles. The first-order chi connectivity index (χ1) is 16.5. The fourth-order valence-corrected chi connectivity index (χ4v) is 2.81. The molecule has 0 aromatic heterocycles. The van der Waals surface area contributed by atoms with E-state index in [-0.39, 0.29) is 13.0 Å². The maximum Gasteiger partial charge on any atom is 0.407 e. The summed E-state index contributed by atoms with van der Waals surface area (Å²) in [5.41, 5.74) is 0.774. The van der Waals surface area contributed by atoms with Crippen molar-refractivity contribution in [1.82, 2.24) is 21.3 Å². The third-order valence-electron chi connectivity index (χ3n) is 4.02. The van der Waals surface area contributed by atoms with E-state index in [1.165, 1.54) is 0 Å². The number of carbonyl (C=O) groups is 5. The fraction of sp³-hybridized carbons (Fsp3) is 0.381.